The summed E-state index contributed by atoms with van der Waals surface area (Å²) in [5, 5.41) is 3.77. The Kier molecular flexibility index (Phi) is 6.17. The zero-order valence-electron chi connectivity index (χ0n) is 15.9. The first-order chi connectivity index (χ1) is 13.5. The van der Waals surface area contributed by atoms with Crippen molar-refractivity contribution in [1.82, 2.24) is 4.98 Å². The van der Waals surface area contributed by atoms with E-state index in [1.807, 2.05) is 60.7 Å². The Labute approximate surface area is 164 Å². The fourth-order valence-corrected chi connectivity index (χ4v) is 2.66. The summed E-state index contributed by atoms with van der Waals surface area (Å²) < 4.78 is 5.17. The maximum Gasteiger partial charge on any atom is 0.331 e. The van der Waals surface area contributed by atoms with Crippen LogP contribution in [0.25, 0.3) is 17.0 Å². The van der Waals surface area contributed by atoms with Gasteiger partial charge in [-0.2, -0.15) is 0 Å². The number of hydrogen-bond donors (Lipinski definition) is 1. The van der Waals surface area contributed by atoms with E-state index in [2.05, 4.69) is 17.2 Å². The Balaban J connectivity index is 1.56. The number of anilines is 1. The molecule has 0 aliphatic heterocycles. The molecule has 3 aromatic rings. The van der Waals surface area contributed by atoms with E-state index in [1.165, 1.54) is 18.6 Å². The number of ether oxygens (including phenoxy) is 1. The van der Waals surface area contributed by atoms with E-state index in [0.29, 0.717) is 11.4 Å². The third-order valence-electron chi connectivity index (χ3n) is 4.30. The molecule has 1 aromatic heterocycles. The summed E-state index contributed by atoms with van der Waals surface area (Å²) in [4.78, 5) is 28.7. The lowest BCUT2D eigenvalue weighted by molar-refractivity contribution is -0.148. The molecule has 2 aromatic carbocycles. The molecule has 142 valence electrons. The topological polar surface area (TPSA) is 68.3 Å². The van der Waals surface area contributed by atoms with E-state index in [9.17, 15) is 9.59 Å². The van der Waals surface area contributed by atoms with Crippen LogP contribution < -0.4 is 5.32 Å². The minimum absolute atomic E-state index is 0.380. The van der Waals surface area contributed by atoms with Gasteiger partial charge in [0.15, 0.2) is 6.10 Å². The third-order valence-corrected chi connectivity index (χ3v) is 4.30. The second-order valence-corrected chi connectivity index (χ2v) is 6.38. The zero-order valence-corrected chi connectivity index (χ0v) is 15.9. The van der Waals surface area contributed by atoms with Crippen LogP contribution in [-0.4, -0.2) is 23.0 Å². The van der Waals surface area contributed by atoms with Crippen LogP contribution in [0.5, 0.6) is 0 Å². The molecular weight excluding hydrogens is 352 g/mol. The maximum atomic E-state index is 12.2. The molecule has 1 amide bonds. The highest BCUT2D eigenvalue weighted by Crippen LogP contribution is 2.13. The van der Waals surface area contributed by atoms with Crippen molar-refractivity contribution in [3.05, 3.63) is 78.0 Å². The summed E-state index contributed by atoms with van der Waals surface area (Å²) in [6, 6.07) is 19.1. The summed E-state index contributed by atoms with van der Waals surface area (Å²) in [5.74, 6) is -0.978. The normalized spacial score (nSPS) is 12.1. The Hall–Kier alpha value is -3.47. The van der Waals surface area contributed by atoms with Crippen LogP contribution in [0.1, 0.15) is 25.1 Å². The van der Waals surface area contributed by atoms with Crippen LogP contribution in [0.3, 0.4) is 0 Å². The molecule has 5 nitrogen and oxygen atoms in total. The van der Waals surface area contributed by atoms with E-state index < -0.39 is 12.1 Å². The number of carbonyl (C=O) groups excluding carboxylic acids is 2. The van der Waals surface area contributed by atoms with Crippen LogP contribution >= 0.6 is 0 Å². The van der Waals surface area contributed by atoms with Crippen LogP contribution in [-0.2, 0) is 20.7 Å². The number of para-hydroxylation sites is 1. The number of fused-ring (bicyclic) bond motifs is 1. The molecule has 0 aliphatic carbocycles. The fraction of sp³-hybridized carbons (Fsp3) is 0.174. The van der Waals surface area contributed by atoms with E-state index in [-0.39, 0.29) is 5.91 Å². The van der Waals surface area contributed by atoms with Crippen LogP contribution in [0, 0.1) is 0 Å². The van der Waals surface area contributed by atoms with Gasteiger partial charge >= 0.3 is 5.97 Å². The summed E-state index contributed by atoms with van der Waals surface area (Å²) in [6.45, 7) is 3.60. The molecule has 0 bridgehead atoms. The third kappa shape index (κ3) is 5.04. The molecule has 3 rings (SSSR count). The summed E-state index contributed by atoms with van der Waals surface area (Å²) in [5.41, 5.74) is 3.34. The minimum Gasteiger partial charge on any atom is -0.449 e. The molecule has 0 aliphatic rings. The number of aromatic nitrogens is 1. The smallest absolute Gasteiger partial charge is 0.331 e. The number of nitrogens with zero attached hydrogens (tertiary/aromatic N) is 1. The van der Waals surface area contributed by atoms with Crippen molar-refractivity contribution in [3.8, 4) is 0 Å². The number of amides is 1. The quantitative estimate of drug-likeness (QED) is 0.513. The van der Waals surface area contributed by atoms with Gasteiger partial charge in [0.25, 0.3) is 5.91 Å². The Bertz CT molecular complexity index is 1010. The molecule has 5 heteroatoms. The van der Waals surface area contributed by atoms with Gasteiger partial charge in [-0.15, -0.1) is 0 Å². The zero-order chi connectivity index (χ0) is 19.9. The lowest BCUT2D eigenvalue weighted by atomic mass is 10.1. The van der Waals surface area contributed by atoms with Crippen molar-refractivity contribution >= 4 is 34.5 Å². The van der Waals surface area contributed by atoms with Gasteiger partial charge in [0.1, 0.15) is 0 Å². The second-order valence-electron chi connectivity index (χ2n) is 6.38. The Morgan fingerprint density at radius 2 is 1.82 bits per heavy atom. The van der Waals surface area contributed by atoms with Gasteiger partial charge in [-0.25, -0.2) is 9.78 Å². The molecule has 0 spiro atoms. The number of benzene rings is 2. The van der Waals surface area contributed by atoms with Crippen molar-refractivity contribution in [2.24, 2.45) is 0 Å². The van der Waals surface area contributed by atoms with Crippen LogP contribution in [0.2, 0.25) is 0 Å². The summed E-state index contributed by atoms with van der Waals surface area (Å²) in [7, 11) is 0. The lowest BCUT2D eigenvalue weighted by Gasteiger charge is -2.12. The lowest BCUT2D eigenvalue weighted by Crippen LogP contribution is -2.29. The Morgan fingerprint density at radius 1 is 1.07 bits per heavy atom. The predicted octanol–water partition coefficient (Wildman–Crippen LogP) is 4.38. The molecule has 0 saturated carbocycles. The molecule has 1 atom stereocenters. The second kappa shape index (κ2) is 8.95. The number of rotatable bonds is 6. The number of esters is 1. The highest BCUT2D eigenvalue weighted by molar-refractivity contribution is 5.96. The van der Waals surface area contributed by atoms with Gasteiger partial charge in [0.05, 0.1) is 11.2 Å². The fourth-order valence-electron chi connectivity index (χ4n) is 2.66. The molecule has 1 unspecified atom stereocenters. The van der Waals surface area contributed by atoms with Gasteiger partial charge in [0.2, 0.25) is 0 Å². The number of carbonyl (C=O) groups is 2. The first kappa shape index (κ1) is 19.3. The van der Waals surface area contributed by atoms with Crippen molar-refractivity contribution in [2.45, 2.75) is 26.4 Å². The molecule has 1 N–H and O–H groups in total. The highest BCUT2D eigenvalue weighted by atomic mass is 16.5. The van der Waals surface area contributed by atoms with Gasteiger partial charge in [-0.05, 0) is 49.2 Å². The predicted molar refractivity (Wildman–Crippen MR) is 111 cm³/mol. The van der Waals surface area contributed by atoms with Gasteiger partial charge in [-0.3, -0.25) is 4.79 Å². The highest BCUT2D eigenvalue weighted by Gasteiger charge is 2.16. The standard InChI is InChI=1S/C23H22N2O3/c1-3-17-8-11-20(12-9-17)25-23(27)16(2)28-22(26)15-14-19-13-10-18-6-4-5-7-21(18)24-19/h4-16H,3H2,1-2H3,(H,25,27)/b15-14+. The maximum absolute atomic E-state index is 12.2. The SMILES string of the molecule is CCc1ccc(NC(=O)C(C)OC(=O)/C=C/c2ccc3ccccc3n2)cc1. The molecule has 1 heterocycles. The molecular formula is C23H22N2O3. The van der Waals surface area contributed by atoms with Gasteiger partial charge < -0.3 is 10.1 Å². The van der Waals surface area contributed by atoms with Crippen molar-refractivity contribution < 1.29 is 14.3 Å². The average Bonchev–Trinajstić information content (AvgIpc) is 2.72. The number of hydrogen-bond acceptors (Lipinski definition) is 4. The van der Waals surface area contributed by atoms with Gasteiger partial charge in [0, 0.05) is 17.1 Å². The first-order valence-corrected chi connectivity index (χ1v) is 9.19. The molecule has 0 fully saturated rings. The summed E-state index contributed by atoms with van der Waals surface area (Å²) >= 11 is 0. The van der Waals surface area contributed by atoms with Gasteiger partial charge in [-0.1, -0.05) is 43.3 Å². The van der Waals surface area contributed by atoms with Crippen molar-refractivity contribution in [2.75, 3.05) is 5.32 Å². The molecule has 28 heavy (non-hydrogen) atoms. The number of nitrogens with one attached hydrogen (secondary N) is 1. The van der Waals surface area contributed by atoms with E-state index in [4.69, 9.17) is 4.74 Å². The van der Waals surface area contributed by atoms with E-state index in [1.54, 1.807) is 6.08 Å². The Morgan fingerprint density at radius 3 is 2.57 bits per heavy atom. The monoisotopic (exact) mass is 374 g/mol. The van der Waals surface area contributed by atoms with Crippen molar-refractivity contribution in [3.63, 3.8) is 0 Å². The van der Waals surface area contributed by atoms with E-state index >= 15 is 0 Å². The van der Waals surface area contributed by atoms with Crippen LogP contribution in [0.15, 0.2) is 66.7 Å². The molecule has 0 radical (unpaired) electrons. The average molecular weight is 374 g/mol. The first-order valence-electron chi connectivity index (χ1n) is 9.19. The largest absolute Gasteiger partial charge is 0.449 e. The van der Waals surface area contributed by atoms with Crippen LogP contribution in [0.4, 0.5) is 5.69 Å². The number of aryl methyl sites for hydroxylation is 1. The minimum atomic E-state index is -0.910. The van der Waals surface area contributed by atoms with E-state index in [0.717, 1.165) is 17.3 Å². The molecule has 0 saturated heterocycles. The van der Waals surface area contributed by atoms with Crippen molar-refractivity contribution in [1.29, 1.82) is 0 Å². The summed E-state index contributed by atoms with van der Waals surface area (Å²) in [6.07, 6.45) is 2.87. The number of pyridine rings is 1.